The average molecular weight is 626 g/mol. The van der Waals surface area contributed by atoms with Gasteiger partial charge in [0.2, 0.25) is 11.8 Å². The summed E-state index contributed by atoms with van der Waals surface area (Å²) in [4.78, 5) is 27.8. The van der Waals surface area contributed by atoms with Gasteiger partial charge in [0.1, 0.15) is 18.1 Å². The molecule has 1 aliphatic carbocycles. The Morgan fingerprint density at radius 2 is 1.66 bits per heavy atom. The van der Waals surface area contributed by atoms with Crippen molar-refractivity contribution in [2.24, 2.45) is 17.8 Å². The Labute approximate surface area is 250 Å². The molecule has 1 N–H and O–H groups in total. The predicted molar refractivity (Wildman–Crippen MR) is 148 cm³/mol. The number of alkyl halides is 6. The van der Waals surface area contributed by atoms with Gasteiger partial charge in [-0.25, -0.2) is 4.90 Å². The third-order valence-electron chi connectivity index (χ3n) is 8.75. The SMILES string of the molecule is CCC/C(=C\c1ccc(CO)o1)CC[C@H]1OC[C@H]2C1=C(CC)C[C@H]1C(=O)N(c3cc(C(F)(F)F)cc(C(F)(F)F)c3)C(=O)[C@H]12. The lowest BCUT2D eigenvalue weighted by Crippen LogP contribution is -2.34. The van der Waals surface area contributed by atoms with Gasteiger partial charge in [-0.05, 0) is 74.1 Å². The van der Waals surface area contributed by atoms with E-state index in [1.165, 1.54) is 0 Å². The minimum absolute atomic E-state index is 0.0233. The van der Waals surface area contributed by atoms with Crippen molar-refractivity contribution in [1.82, 2.24) is 0 Å². The quantitative estimate of drug-likeness (QED) is 0.176. The fourth-order valence-corrected chi connectivity index (χ4v) is 6.80. The number of halogens is 6. The van der Waals surface area contributed by atoms with E-state index in [-0.39, 0.29) is 31.8 Å². The zero-order valence-corrected chi connectivity index (χ0v) is 24.2. The number of fused-ring (bicyclic) bond motifs is 3. The van der Waals surface area contributed by atoms with Crippen LogP contribution in [0.15, 0.2) is 51.5 Å². The van der Waals surface area contributed by atoms with Crippen LogP contribution in [0.1, 0.15) is 75.0 Å². The smallest absolute Gasteiger partial charge is 0.416 e. The molecule has 2 aromatic rings. The molecular weight excluding hydrogens is 592 g/mol. The lowest BCUT2D eigenvalue weighted by Gasteiger charge is -2.31. The van der Waals surface area contributed by atoms with Gasteiger partial charge in [0.05, 0.1) is 41.4 Å². The molecule has 2 amide bonds. The Morgan fingerprint density at radius 3 is 2.23 bits per heavy atom. The van der Waals surface area contributed by atoms with Crippen LogP contribution in [0.4, 0.5) is 32.0 Å². The lowest BCUT2D eigenvalue weighted by molar-refractivity contribution is -0.143. The molecule has 0 saturated carbocycles. The molecule has 0 spiro atoms. The maximum Gasteiger partial charge on any atom is 0.416 e. The molecule has 2 aliphatic heterocycles. The molecule has 2 saturated heterocycles. The van der Waals surface area contributed by atoms with Gasteiger partial charge in [-0.15, -0.1) is 0 Å². The van der Waals surface area contributed by atoms with Crippen LogP contribution in [0.2, 0.25) is 0 Å². The number of allylic oxidation sites excluding steroid dienone is 2. The second-order valence-electron chi connectivity index (χ2n) is 11.5. The zero-order valence-electron chi connectivity index (χ0n) is 24.2. The summed E-state index contributed by atoms with van der Waals surface area (Å²) in [5, 5.41) is 9.29. The number of carbonyl (C=O) groups is 2. The standard InChI is InChI=1S/C32H33F6NO5/c1-3-5-17(10-22-7-8-23(15-40)44-22)6-9-26-27-18(4-2)11-24-28(25(27)16-43-26)30(42)39(29(24)41)21-13-19(31(33,34)35)12-20(14-21)32(36,37)38/h7-8,10,12-14,24-26,28,40H,3-6,9,11,15-16H2,1-2H3/b17-10+/t24-,25+,26-,28-/m1/s1. The van der Waals surface area contributed by atoms with Crippen LogP contribution >= 0.6 is 0 Å². The molecule has 4 atom stereocenters. The van der Waals surface area contributed by atoms with Crippen LogP contribution in [-0.4, -0.2) is 29.6 Å². The molecule has 2 fully saturated rings. The van der Waals surface area contributed by atoms with E-state index < -0.39 is 58.7 Å². The Kier molecular flexibility index (Phi) is 8.87. The van der Waals surface area contributed by atoms with Crippen LogP contribution in [-0.2, 0) is 33.3 Å². The van der Waals surface area contributed by atoms with E-state index in [0.29, 0.717) is 47.8 Å². The number of carbonyl (C=O) groups excluding carboxylic acids is 2. The first-order valence-electron chi connectivity index (χ1n) is 14.7. The molecule has 12 heteroatoms. The number of hydrogen-bond acceptors (Lipinski definition) is 5. The van der Waals surface area contributed by atoms with E-state index in [4.69, 9.17) is 9.15 Å². The van der Waals surface area contributed by atoms with Crippen molar-refractivity contribution in [2.45, 2.75) is 77.4 Å². The molecule has 44 heavy (non-hydrogen) atoms. The minimum atomic E-state index is -5.12. The molecule has 0 bridgehead atoms. The van der Waals surface area contributed by atoms with Gasteiger partial charge >= 0.3 is 12.4 Å². The molecule has 0 radical (unpaired) electrons. The molecule has 3 heterocycles. The van der Waals surface area contributed by atoms with Gasteiger partial charge in [-0.2, -0.15) is 26.3 Å². The van der Waals surface area contributed by atoms with Gasteiger partial charge in [-0.3, -0.25) is 9.59 Å². The molecule has 3 aliphatic rings. The maximum atomic E-state index is 13.7. The monoisotopic (exact) mass is 625 g/mol. The third kappa shape index (κ3) is 6.10. The van der Waals surface area contributed by atoms with Crippen LogP contribution in [0, 0.1) is 17.8 Å². The molecule has 1 aromatic heterocycles. The summed E-state index contributed by atoms with van der Waals surface area (Å²) in [6.07, 6.45) is -4.97. The summed E-state index contributed by atoms with van der Waals surface area (Å²) in [5.41, 5.74) is -0.965. The van der Waals surface area contributed by atoms with Crippen LogP contribution < -0.4 is 4.90 Å². The lowest BCUT2D eigenvalue weighted by atomic mass is 9.69. The van der Waals surface area contributed by atoms with Gasteiger partial charge < -0.3 is 14.3 Å². The van der Waals surface area contributed by atoms with Crippen molar-refractivity contribution >= 4 is 23.6 Å². The van der Waals surface area contributed by atoms with Gasteiger partial charge in [0.25, 0.3) is 0 Å². The number of rotatable bonds is 9. The van der Waals surface area contributed by atoms with E-state index in [1.54, 1.807) is 12.1 Å². The first-order valence-corrected chi connectivity index (χ1v) is 14.7. The highest BCUT2D eigenvalue weighted by atomic mass is 19.4. The van der Waals surface area contributed by atoms with Crippen molar-refractivity contribution < 1.29 is 50.2 Å². The first kappa shape index (κ1) is 32.0. The molecule has 1 aromatic carbocycles. The molecular formula is C32H33F6NO5. The van der Waals surface area contributed by atoms with Crippen LogP contribution in [0.25, 0.3) is 6.08 Å². The fraction of sp³-hybridized carbons (Fsp3) is 0.500. The Morgan fingerprint density at radius 1 is 0.977 bits per heavy atom. The highest BCUT2D eigenvalue weighted by Gasteiger charge is 2.57. The fourth-order valence-electron chi connectivity index (χ4n) is 6.80. The average Bonchev–Trinajstić information content (AvgIpc) is 3.66. The van der Waals surface area contributed by atoms with Gasteiger partial charge in [0, 0.05) is 5.92 Å². The van der Waals surface area contributed by atoms with Crippen LogP contribution in [0.5, 0.6) is 0 Å². The van der Waals surface area contributed by atoms with Crippen molar-refractivity contribution in [3.63, 3.8) is 0 Å². The number of nitrogens with zero attached hydrogens (tertiary/aromatic N) is 1. The molecule has 0 unspecified atom stereocenters. The predicted octanol–water partition coefficient (Wildman–Crippen LogP) is 7.70. The number of aliphatic hydroxyl groups is 1. The van der Waals surface area contributed by atoms with E-state index in [1.807, 2.05) is 19.9 Å². The Hall–Kier alpha value is -3.38. The number of anilines is 1. The second-order valence-corrected chi connectivity index (χ2v) is 11.5. The van der Waals surface area contributed by atoms with E-state index in [2.05, 4.69) is 0 Å². The highest BCUT2D eigenvalue weighted by molar-refractivity contribution is 6.22. The topological polar surface area (TPSA) is 80.0 Å². The van der Waals surface area contributed by atoms with Crippen molar-refractivity contribution in [3.8, 4) is 0 Å². The number of furan rings is 1. The first-order chi connectivity index (χ1) is 20.8. The number of aliphatic hydroxyl groups excluding tert-OH is 1. The second kappa shape index (κ2) is 12.2. The Bertz CT molecular complexity index is 1450. The van der Waals surface area contributed by atoms with Crippen molar-refractivity contribution in [2.75, 3.05) is 11.5 Å². The zero-order chi connectivity index (χ0) is 32.0. The minimum Gasteiger partial charge on any atom is -0.459 e. The van der Waals surface area contributed by atoms with E-state index in [0.717, 1.165) is 29.6 Å². The number of benzene rings is 1. The molecule has 6 nitrogen and oxygen atoms in total. The van der Waals surface area contributed by atoms with Crippen molar-refractivity contribution in [3.05, 3.63) is 69.7 Å². The highest BCUT2D eigenvalue weighted by Crippen LogP contribution is 2.52. The largest absolute Gasteiger partial charge is 0.459 e. The summed E-state index contributed by atoms with van der Waals surface area (Å²) in [7, 11) is 0. The summed E-state index contributed by atoms with van der Waals surface area (Å²) in [5.74, 6) is -2.87. The number of hydrogen-bond donors (Lipinski definition) is 1. The maximum absolute atomic E-state index is 13.7. The normalized spacial score (nSPS) is 24.4. The Balaban J connectivity index is 1.41. The summed E-state index contributed by atoms with van der Waals surface area (Å²) in [6, 6.07) is 4.30. The summed E-state index contributed by atoms with van der Waals surface area (Å²) >= 11 is 0. The summed E-state index contributed by atoms with van der Waals surface area (Å²) in [6.45, 7) is 3.88. The molecule has 238 valence electrons. The van der Waals surface area contributed by atoms with Crippen LogP contribution in [0.3, 0.4) is 0 Å². The van der Waals surface area contributed by atoms with E-state index >= 15 is 0 Å². The number of imide groups is 1. The summed E-state index contributed by atoms with van der Waals surface area (Å²) < 4.78 is 93.1. The van der Waals surface area contributed by atoms with Gasteiger partial charge in [-0.1, -0.05) is 31.4 Å². The number of amides is 2. The van der Waals surface area contributed by atoms with Gasteiger partial charge in [0.15, 0.2) is 0 Å². The third-order valence-corrected chi connectivity index (χ3v) is 8.75. The number of ether oxygens (including phenoxy) is 1. The van der Waals surface area contributed by atoms with Crippen molar-refractivity contribution in [1.29, 1.82) is 0 Å². The molecule has 5 rings (SSSR count). The van der Waals surface area contributed by atoms with E-state index in [9.17, 15) is 41.0 Å².